The molecule has 168 valence electrons. The molecule has 1 fully saturated rings. The molecule has 0 unspecified atom stereocenters. The summed E-state index contributed by atoms with van der Waals surface area (Å²) in [6.45, 7) is 5.93. The van der Waals surface area contributed by atoms with E-state index < -0.39 is 10.0 Å². The molecule has 1 saturated carbocycles. The number of aromatic nitrogens is 2. The SMILES string of the molecule is C=CCN1c2ccccc2-c2nc(Nc3ccc4c(c3)CN(C)CC43CC3)ncc2S1(=O)=O. The zero-order valence-electron chi connectivity index (χ0n) is 18.5. The highest BCUT2D eigenvalue weighted by Crippen LogP contribution is 2.52. The van der Waals surface area contributed by atoms with E-state index in [2.05, 4.69) is 52.0 Å². The van der Waals surface area contributed by atoms with E-state index in [0.717, 1.165) is 24.3 Å². The molecule has 8 heteroatoms. The van der Waals surface area contributed by atoms with Crippen LogP contribution in [0.5, 0.6) is 0 Å². The summed E-state index contributed by atoms with van der Waals surface area (Å²) >= 11 is 0. The van der Waals surface area contributed by atoms with E-state index in [1.807, 2.05) is 18.2 Å². The normalized spacial score (nSPS) is 19.4. The maximum absolute atomic E-state index is 13.3. The molecule has 33 heavy (non-hydrogen) atoms. The first-order chi connectivity index (χ1) is 15.9. The lowest BCUT2D eigenvalue weighted by molar-refractivity contribution is 0.271. The molecule has 3 aliphatic rings. The Hall–Kier alpha value is -3.23. The fraction of sp³-hybridized carbons (Fsp3) is 0.280. The predicted octanol–water partition coefficient (Wildman–Crippen LogP) is 4.06. The molecule has 1 N–H and O–H groups in total. The quantitative estimate of drug-likeness (QED) is 0.593. The number of fused-ring (bicyclic) bond motifs is 5. The standard InChI is InChI=1S/C25H25N5O2S/c1-3-12-30-21-7-5-4-6-19(21)23-22(33(30,31)32)14-26-24(28-23)27-18-8-9-20-17(13-18)15-29(2)16-25(20)10-11-25/h3-9,13-14H,1,10-12,15-16H2,2H3,(H,26,27,28). The van der Waals surface area contributed by atoms with Gasteiger partial charge in [-0.15, -0.1) is 6.58 Å². The van der Waals surface area contributed by atoms with Crippen LogP contribution in [0.3, 0.4) is 0 Å². The van der Waals surface area contributed by atoms with Gasteiger partial charge in [-0.25, -0.2) is 18.4 Å². The van der Waals surface area contributed by atoms with Crippen molar-refractivity contribution < 1.29 is 8.42 Å². The molecule has 0 bridgehead atoms. The number of nitrogens with one attached hydrogen (secondary N) is 1. The first kappa shape index (κ1) is 20.4. The number of hydrogen-bond acceptors (Lipinski definition) is 6. The number of hydrogen-bond donors (Lipinski definition) is 1. The third-order valence-corrected chi connectivity index (χ3v) is 8.63. The second-order valence-electron chi connectivity index (χ2n) is 9.20. The molecule has 0 atom stereocenters. The summed E-state index contributed by atoms with van der Waals surface area (Å²) in [6.07, 6.45) is 5.48. The Kier molecular flexibility index (Phi) is 4.41. The van der Waals surface area contributed by atoms with Crippen LogP contribution < -0.4 is 9.62 Å². The molecule has 0 saturated heterocycles. The van der Waals surface area contributed by atoms with Crippen LogP contribution in [0.4, 0.5) is 17.3 Å². The molecule has 7 nitrogen and oxygen atoms in total. The fourth-order valence-electron chi connectivity index (χ4n) is 5.24. The lowest BCUT2D eigenvalue weighted by Crippen LogP contribution is -2.35. The van der Waals surface area contributed by atoms with Gasteiger partial charge in [-0.05, 0) is 49.2 Å². The fourth-order valence-corrected chi connectivity index (χ4v) is 6.78. The predicted molar refractivity (Wildman–Crippen MR) is 129 cm³/mol. The molecule has 0 amide bonds. The second kappa shape index (κ2) is 7.13. The minimum atomic E-state index is -3.77. The third kappa shape index (κ3) is 3.16. The van der Waals surface area contributed by atoms with Gasteiger partial charge in [0.25, 0.3) is 10.0 Å². The average Bonchev–Trinajstić information content (AvgIpc) is 3.55. The zero-order valence-corrected chi connectivity index (χ0v) is 19.3. The molecule has 2 aliphatic heterocycles. The summed E-state index contributed by atoms with van der Waals surface area (Å²) < 4.78 is 27.9. The highest BCUT2D eigenvalue weighted by molar-refractivity contribution is 7.93. The van der Waals surface area contributed by atoms with Gasteiger partial charge in [-0.1, -0.05) is 30.3 Å². The number of likely N-dealkylation sites (N-methyl/N-ethyl adjacent to an activating group) is 1. The Labute approximate surface area is 193 Å². The lowest BCUT2D eigenvalue weighted by Gasteiger charge is -2.33. The highest BCUT2D eigenvalue weighted by Gasteiger charge is 2.48. The number of benzene rings is 2. The summed E-state index contributed by atoms with van der Waals surface area (Å²) in [5.41, 5.74) is 5.80. The number of sulfonamides is 1. The van der Waals surface area contributed by atoms with Crippen LogP contribution in [0, 0.1) is 0 Å². The van der Waals surface area contributed by atoms with Crippen LogP contribution >= 0.6 is 0 Å². The average molecular weight is 460 g/mol. The number of anilines is 3. The molecule has 1 spiro atoms. The van der Waals surface area contributed by atoms with E-state index in [9.17, 15) is 8.42 Å². The maximum Gasteiger partial charge on any atom is 0.268 e. The van der Waals surface area contributed by atoms with Gasteiger partial charge < -0.3 is 10.2 Å². The third-order valence-electron chi connectivity index (χ3n) is 6.85. The van der Waals surface area contributed by atoms with Crippen molar-refractivity contribution in [2.45, 2.75) is 29.7 Å². The summed E-state index contributed by atoms with van der Waals surface area (Å²) in [5, 5.41) is 3.30. The Morgan fingerprint density at radius 1 is 1.21 bits per heavy atom. The minimum Gasteiger partial charge on any atom is -0.324 e. The molecular weight excluding hydrogens is 434 g/mol. The number of rotatable bonds is 4. The molecule has 3 aromatic rings. The summed E-state index contributed by atoms with van der Waals surface area (Å²) in [6, 6.07) is 13.9. The first-order valence-corrected chi connectivity index (χ1v) is 12.5. The van der Waals surface area contributed by atoms with E-state index in [4.69, 9.17) is 0 Å². The van der Waals surface area contributed by atoms with Crippen molar-refractivity contribution in [2.24, 2.45) is 0 Å². The van der Waals surface area contributed by atoms with E-state index in [-0.39, 0.29) is 11.4 Å². The number of para-hydroxylation sites is 1. The van der Waals surface area contributed by atoms with Crippen LogP contribution in [0.1, 0.15) is 24.0 Å². The molecule has 2 aromatic carbocycles. The van der Waals surface area contributed by atoms with Crippen LogP contribution in [0.2, 0.25) is 0 Å². The molecule has 1 aliphatic carbocycles. The second-order valence-corrected chi connectivity index (χ2v) is 11.0. The molecular formula is C25H25N5O2S. The van der Waals surface area contributed by atoms with Crippen LogP contribution in [-0.4, -0.2) is 43.4 Å². The smallest absolute Gasteiger partial charge is 0.268 e. The summed E-state index contributed by atoms with van der Waals surface area (Å²) in [4.78, 5) is 11.5. The Morgan fingerprint density at radius 3 is 2.82 bits per heavy atom. The van der Waals surface area contributed by atoms with E-state index in [1.54, 1.807) is 12.1 Å². The molecule has 0 radical (unpaired) electrons. The van der Waals surface area contributed by atoms with Crippen LogP contribution in [0.15, 0.2) is 66.2 Å². The van der Waals surface area contributed by atoms with Gasteiger partial charge in [0.05, 0.1) is 24.1 Å². The maximum atomic E-state index is 13.3. The monoisotopic (exact) mass is 459 g/mol. The molecule has 6 rings (SSSR count). The van der Waals surface area contributed by atoms with Crippen molar-refractivity contribution in [3.63, 3.8) is 0 Å². The van der Waals surface area contributed by atoms with Crippen molar-refractivity contribution in [2.75, 3.05) is 29.8 Å². The zero-order chi connectivity index (χ0) is 22.8. The summed E-state index contributed by atoms with van der Waals surface area (Å²) in [5.74, 6) is 0.376. The Bertz CT molecular complexity index is 1400. The van der Waals surface area contributed by atoms with Gasteiger partial charge >= 0.3 is 0 Å². The van der Waals surface area contributed by atoms with Gasteiger partial charge in [-0.2, -0.15) is 0 Å². The lowest BCUT2D eigenvalue weighted by atomic mass is 9.87. The van der Waals surface area contributed by atoms with E-state index in [1.165, 1.54) is 34.5 Å². The van der Waals surface area contributed by atoms with Crippen molar-refractivity contribution in [3.8, 4) is 11.3 Å². The van der Waals surface area contributed by atoms with Gasteiger partial charge in [0.2, 0.25) is 5.95 Å². The largest absolute Gasteiger partial charge is 0.324 e. The molecule has 3 heterocycles. The van der Waals surface area contributed by atoms with Gasteiger partial charge in [-0.3, -0.25) is 4.31 Å². The van der Waals surface area contributed by atoms with Crippen LogP contribution in [0.25, 0.3) is 11.3 Å². The minimum absolute atomic E-state index is 0.108. The Morgan fingerprint density at radius 2 is 2.03 bits per heavy atom. The van der Waals surface area contributed by atoms with E-state index >= 15 is 0 Å². The van der Waals surface area contributed by atoms with Gasteiger partial charge in [0.15, 0.2) is 0 Å². The van der Waals surface area contributed by atoms with Gasteiger partial charge in [0, 0.05) is 29.8 Å². The molecule has 1 aromatic heterocycles. The Balaban J connectivity index is 1.38. The first-order valence-electron chi connectivity index (χ1n) is 11.1. The van der Waals surface area contributed by atoms with Crippen molar-refractivity contribution in [3.05, 3.63) is 72.4 Å². The highest BCUT2D eigenvalue weighted by atomic mass is 32.2. The van der Waals surface area contributed by atoms with Crippen molar-refractivity contribution >= 4 is 27.3 Å². The van der Waals surface area contributed by atoms with Crippen LogP contribution in [-0.2, 0) is 22.0 Å². The van der Waals surface area contributed by atoms with Gasteiger partial charge in [0.1, 0.15) is 4.90 Å². The van der Waals surface area contributed by atoms with Crippen molar-refractivity contribution in [1.29, 1.82) is 0 Å². The topological polar surface area (TPSA) is 78.4 Å². The number of nitrogens with zero attached hydrogens (tertiary/aromatic N) is 4. The van der Waals surface area contributed by atoms with Crippen molar-refractivity contribution in [1.82, 2.24) is 14.9 Å². The van der Waals surface area contributed by atoms with E-state index in [0.29, 0.717) is 22.7 Å². The summed E-state index contributed by atoms with van der Waals surface area (Å²) in [7, 11) is -1.60.